The monoisotopic (exact) mass is 288 g/mol. The van der Waals surface area contributed by atoms with Gasteiger partial charge in [-0.25, -0.2) is 4.99 Å². The second kappa shape index (κ2) is 5.83. The van der Waals surface area contributed by atoms with Gasteiger partial charge in [-0.3, -0.25) is 4.79 Å². The Kier molecular flexibility index (Phi) is 4.33. The zero-order valence-corrected chi connectivity index (χ0v) is 13.1. The lowest BCUT2D eigenvalue weighted by Gasteiger charge is -2.27. The van der Waals surface area contributed by atoms with Crippen LogP contribution in [0.25, 0.3) is 0 Å². The minimum Gasteiger partial charge on any atom is -0.305 e. The predicted octanol–water partition coefficient (Wildman–Crippen LogP) is 3.90. The molecule has 0 spiro atoms. The van der Waals surface area contributed by atoms with Crippen LogP contribution < -0.4 is 5.32 Å². The first-order chi connectivity index (χ1) is 9.36. The molecule has 1 aromatic carbocycles. The molecule has 4 heteroatoms. The van der Waals surface area contributed by atoms with Crippen LogP contribution in [-0.2, 0) is 4.79 Å². The molecule has 1 aliphatic rings. The van der Waals surface area contributed by atoms with Crippen molar-refractivity contribution in [3.63, 3.8) is 0 Å². The first-order valence-electron chi connectivity index (χ1n) is 6.66. The smallest absolute Gasteiger partial charge is 0.222 e. The number of amidine groups is 1. The molecule has 1 N–H and O–H groups in total. The highest BCUT2D eigenvalue weighted by Gasteiger charge is 2.26. The topological polar surface area (TPSA) is 41.5 Å². The summed E-state index contributed by atoms with van der Waals surface area (Å²) in [6, 6.07) is 10.3. The minimum atomic E-state index is -0.0850. The molecule has 0 bridgehead atoms. The van der Waals surface area contributed by atoms with Crippen LogP contribution in [-0.4, -0.2) is 11.1 Å². The van der Waals surface area contributed by atoms with E-state index in [4.69, 9.17) is 0 Å². The van der Waals surface area contributed by atoms with Crippen LogP contribution in [0.5, 0.6) is 0 Å². The Hall–Kier alpha value is -1.55. The second-order valence-corrected chi connectivity index (χ2v) is 6.98. The Morgan fingerprint density at radius 2 is 1.90 bits per heavy atom. The minimum absolute atomic E-state index is 0.0439. The average Bonchev–Trinajstić information content (AvgIpc) is 2.37. The van der Waals surface area contributed by atoms with Gasteiger partial charge in [-0.1, -0.05) is 62.9 Å². The molecule has 0 radical (unpaired) electrons. The number of nitrogens with one attached hydrogen (secondary N) is 1. The maximum atomic E-state index is 11.3. The molecule has 3 nitrogen and oxygen atoms in total. The third kappa shape index (κ3) is 3.73. The average molecular weight is 288 g/mol. The molecule has 106 valence electrons. The van der Waals surface area contributed by atoms with Crippen molar-refractivity contribution in [2.75, 3.05) is 0 Å². The molecule has 1 heterocycles. The van der Waals surface area contributed by atoms with Crippen LogP contribution in [0, 0.1) is 5.41 Å². The number of hydrogen-bond acceptors (Lipinski definition) is 3. The molecular weight excluding hydrogens is 268 g/mol. The molecular formula is C16H20N2OS. The zero-order chi connectivity index (χ0) is 14.8. The van der Waals surface area contributed by atoms with Crippen molar-refractivity contribution in [2.24, 2.45) is 10.4 Å². The summed E-state index contributed by atoms with van der Waals surface area (Å²) in [6.07, 6.45) is 2.19. The van der Waals surface area contributed by atoms with Gasteiger partial charge in [0.05, 0.1) is 5.25 Å². The summed E-state index contributed by atoms with van der Waals surface area (Å²) >= 11 is 1.57. The Bertz CT molecular complexity index is 556. The Morgan fingerprint density at radius 3 is 2.45 bits per heavy atom. The number of carbonyl (C=O) groups excluding carboxylic acids is 1. The van der Waals surface area contributed by atoms with Crippen LogP contribution in [0.4, 0.5) is 0 Å². The number of benzene rings is 1. The molecule has 1 aromatic rings. The van der Waals surface area contributed by atoms with Gasteiger partial charge in [-0.05, 0) is 11.6 Å². The van der Waals surface area contributed by atoms with Crippen LogP contribution in [0.15, 0.2) is 47.1 Å². The molecule has 1 aliphatic heterocycles. The molecule has 0 fully saturated rings. The number of carbonyl (C=O) groups is 1. The van der Waals surface area contributed by atoms with E-state index in [1.54, 1.807) is 11.8 Å². The molecule has 1 unspecified atom stereocenters. The lowest BCUT2D eigenvalue weighted by atomic mass is 9.91. The van der Waals surface area contributed by atoms with E-state index >= 15 is 0 Å². The number of thioether (sulfide) groups is 1. The predicted molar refractivity (Wildman–Crippen MR) is 85.6 cm³/mol. The molecule has 0 aromatic heterocycles. The Labute approximate surface area is 124 Å². The van der Waals surface area contributed by atoms with E-state index in [0.717, 1.165) is 5.70 Å². The summed E-state index contributed by atoms with van der Waals surface area (Å²) in [6.45, 7) is 7.90. The normalized spacial score (nSPS) is 19.1. The number of aliphatic imine (C=N–C) groups is 1. The summed E-state index contributed by atoms with van der Waals surface area (Å²) < 4.78 is 0. The van der Waals surface area contributed by atoms with E-state index in [2.05, 4.69) is 49.3 Å². The van der Waals surface area contributed by atoms with E-state index < -0.39 is 0 Å². The van der Waals surface area contributed by atoms with Crippen molar-refractivity contribution in [2.45, 2.75) is 32.9 Å². The van der Waals surface area contributed by atoms with E-state index in [1.165, 1.54) is 12.5 Å². The molecule has 1 amide bonds. The van der Waals surface area contributed by atoms with Crippen molar-refractivity contribution in [1.82, 2.24) is 5.32 Å². The van der Waals surface area contributed by atoms with Crippen molar-refractivity contribution >= 4 is 22.8 Å². The molecule has 2 rings (SSSR count). The van der Waals surface area contributed by atoms with Gasteiger partial charge in [-0.15, -0.1) is 0 Å². The maximum Gasteiger partial charge on any atom is 0.222 e. The largest absolute Gasteiger partial charge is 0.305 e. The fraction of sp³-hybridized carbons (Fsp3) is 0.375. The quantitative estimate of drug-likeness (QED) is 0.851. The molecule has 0 saturated heterocycles. The van der Waals surface area contributed by atoms with Gasteiger partial charge >= 0.3 is 0 Å². The van der Waals surface area contributed by atoms with E-state index in [9.17, 15) is 4.79 Å². The van der Waals surface area contributed by atoms with Crippen LogP contribution in [0.1, 0.15) is 38.5 Å². The van der Waals surface area contributed by atoms with Gasteiger partial charge in [0.2, 0.25) is 5.91 Å². The standard InChI is InChI=1S/C16H20N2OS/c1-11(19)17-15-18-14(16(2,3)4)10-13(20-15)12-8-6-5-7-9-12/h5-10,13H,1-4H3,(H,17,18,19). The summed E-state index contributed by atoms with van der Waals surface area (Å²) in [4.78, 5) is 15.9. The summed E-state index contributed by atoms with van der Waals surface area (Å²) in [5, 5.41) is 3.68. The molecule has 20 heavy (non-hydrogen) atoms. The van der Waals surface area contributed by atoms with Crippen LogP contribution in [0.3, 0.4) is 0 Å². The second-order valence-electron chi connectivity index (χ2n) is 5.85. The van der Waals surface area contributed by atoms with Gasteiger partial charge in [0.25, 0.3) is 0 Å². The Balaban J connectivity index is 2.34. The van der Waals surface area contributed by atoms with Gasteiger partial charge in [-0.2, -0.15) is 0 Å². The van der Waals surface area contributed by atoms with Crippen LogP contribution >= 0.6 is 11.8 Å². The highest BCUT2D eigenvalue weighted by Crippen LogP contribution is 2.40. The van der Waals surface area contributed by atoms with Crippen molar-refractivity contribution < 1.29 is 4.79 Å². The first-order valence-corrected chi connectivity index (χ1v) is 7.54. The third-order valence-corrected chi connectivity index (χ3v) is 4.03. The molecule has 0 aliphatic carbocycles. The fourth-order valence-corrected chi connectivity index (χ4v) is 2.99. The fourth-order valence-electron chi connectivity index (χ4n) is 1.90. The van der Waals surface area contributed by atoms with E-state index in [1.807, 2.05) is 18.2 Å². The maximum absolute atomic E-state index is 11.3. The number of nitrogens with zero attached hydrogens (tertiary/aromatic N) is 1. The number of amides is 1. The molecule has 0 saturated carbocycles. The third-order valence-electron chi connectivity index (χ3n) is 2.95. The van der Waals surface area contributed by atoms with Gasteiger partial charge in [0, 0.05) is 18.0 Å². The van der Waals surface area contributed by atoms with Gasteiger partial charge in [0.1, 0.15) is 0 Å². The van der Waals surface area contributed by atoms with Gasteiger partial charge < -0.3 is 5.32 Å². The highest BCUT2D eigenvalue weighted by molar-refractivity contribution is 8.14. The first kappa shape index (κ1) is 14.9. The SMILES string of the molecule is CC(=O)NC1=NC(C(C)(C)C)=CC(c2ccccc2)S1. The van der Waals surface area contributed by atoms with Crippen molar-refractivity contribution in [3.05, 3.63) is 47.7 Å². The summed E-state index contributed by atoms with van der Waals surface area (Å²) in [5.74, 6) is -0.0850. The molecule has 1 atom stereocenters. The number of allylic oxidation sites excluding steroid dienone is 1. The lowest BCUT2D eigenvalue weighted by Crippen LogP contribution is -2.29. The van der Waals surface area contributed by atoms with E-state index in [0.29, 0.717) is 5.17 Å². The number of rotatable bonds is 1. The highest BCUT2D eigenvalue weighted by atomic mass is 32.2. The van der Waals surface area contributed by atoms with Gasteiger partial charge in [0.15, 0.2) is 5.17 Å². The number of hydrogen-bond donors (Lipinski definition) is 1. The lowest BCUT2D eigenvalue weighted by molar-refractivity contribution is -0.117. The Morgan fingerprint density at radius 1 is 1.25 bits per heavy atom. The zero-order valence-electron chi connectivity index (χ0n) is 12.3. The summed E-state index contributed by atoms with van der Waals surface area (Å²) in [7, 11) is 0. The van der Waals surface area contributed by atoms with Crippen LogP contribution in [0.2, 0.25) is 0 Å². The van der Waals surface area contributed by atoms with E-state index in [-0.39, 0.29) is 16.6 Å². The van der Waals surface area contributed by atoms with Crippen molar-refractivity contribution in [3.8, 4) is 0 Å². The van der Waals surface area contributed by atoms with Crippen molar-refractivity contribution in [1.29, 1.82) is 0 Å². The summed E-state index contributed by atoms with van der Waals surface area (Å²) in [5.41, 5.74) is 2.18.